The van der Waals surface area contributed by atoms with Crippen LogP contribution in [0, 0.1) is 6.92 Å². The van der Waals surface area contributed by atoms with Gasteiger partial charge in [-0.2, -0.15) is 0 Å². The molecular formula is C10H9F3O5S. The summed E-state index contributed by atoms with van der Waals surface area (Å²) < 4.78 is 62.9. The van der Waals surface area contributed by atoms with E-state index in [9.17, 15) is 26.4 Å². The molecule has 0 aliphatic heterocycles. The highest BCUT2D eigenvalue weighted by atomic mass is 32.2. The number of aryl methyl sites for hydroxylation is 1. The van der Waals surface area contributed by atoms with Crippen molar-refractivity contribution < 1.29 is 36.2 Å². The minimum Gasteiger partial charge on any atom is -0.478 e. The van der Waals surface area contributed by atoms with E-state index in [0.717, 1.165) is 6.07 Å². The lowest BCUT2D eigenvalue weighted by Gasteiger charge is -2.14. The highest BCUT2D eigenvalue weighted by molar-refractivity contribution is 7.90. The van der Waals surface area contributed by atoms with Gasteiger partial charge in [-0.1, -0.05) is 0 Å². The molecule has 0 atom stereocenters. The second-order valence-corrected chi connectivity index (χ2v) is 5.72. The minimum absolute atomic E-state index is 0.0425. The smallest absolute Gasteiger partial charge is 0.478 e. The quantitative estimate of drug-likeness (QED) is 0.923. The topological polar surface area (TPSA) is 80.7 Å². The number of carbonyl (C=O) groups is 1. The Bertz CT molecular complexity index is 619. The number of hydrogen-bond donors (Lipinski definition) is 1. The molecule has 1 rings (SSSR count). The fourth-order valence-electron chi connectivity index (χ4n) is 1.39. The Morgan fingerprint density at radius 1 is 1.32 bits per heavy atom. The number of alkyl halides is 3. The maximum Gasteiger partial charge on any atom is 0.573 e. The summed E-state index contributed by atoms with van der Waals surface area (Å²) in [5.74, 6) is -2.39. The van der Waals surface area contributed by atoms with E-state index in [0.29, 0.717) is 12.3 Å². The number of rotatable bonds is 3. The van der Waals surface area contributed by atoms with Crippen LogP contribution in [0.1, 0.15) is 15.9 Å². The number of hydrogen-bond acceptors (Lipinski definition) is 4. The van der Waals surface area contributed by atoms with E-state index in [4.69, 9.17) is 5.11 Å². The molecule has 0 aliphatic carbocycles. The number of carboxylic acid groups (broad SMARTS) is 1. The van der Waals surface area contributed by atoms with E-state index >= 15 is 0 Å². The molecule has 0 saturated heterocycles. The first kappa shape index (κ1) is 15.3. The molecular weight excluding hydrogens is 289 g/mol. The van der Waals surface area contributed by atoms with Gasteiger partial charge in [0.05, 0.1) is 5.56 Å². The Labute approximate surface area is 106 Å². The Morgan fingerprint density at radius 3 is 2.21 bits per heavy atom. The average Bonchev–Trinajstić information content (AvgIpc) is 2.11. The third-order valence-corrected chi connectivity index (χ3v) is 3.26. The van der Waals surface area contributed by atoms with Gasteiger partial charge >= 0.3 is 12.3 Å². The van der Waals surface area contributed by atoms with Crippen LogP contribution in [-0.4, -0.2) is 32.1 Å². The molecule has 0 heterocycles. The first-order valence-electron chi connectivity index (χ1n) is 4.75. The second-order valence-electron chi connectivity index (χ2n) is 3.74. The summed E-state index contributed by atoms with van der Waals surface area (Å²) >= 11 is 0. The fraction of sp³-hybridized carbons (Fsp3) is 0.300. The van der Waals surface area contributed by atoms with E-state index < -0.39 is 38.4 Å². The van der Waals surface area contributed by atoms with Gasteiger partial charge < -0.3 is 9.84 Å². The average molecular weight is 298 g/mol. The summed E-state index contributed by atoms with van der Waals surface area (Å²) in [7, 11) is -4.07. The van der Waals surface area contributed by atoms with Crippen molar-refractivity contribution >= 4 is 15.8 Å². The molecule has 1 N–H and O–H groups in total. The van der Waals surface area contributed by atoms with Gasteiger partial charge in [-0.25, -0.2) is 13.2 Å². The highest BCUT2D eigenvalue weighted by Crippen LogP contribution is 2.32. The van der Waals surface area contributed by atoms with Gasteiger partial charge in [-0.05, 0) is 24.6 Å². The molecule has 0 amide bonds. The van der Waals surface area contributed by atoms with Crippen LogP contribution in [-0.2, 0) is 9.84 Å². The van der Waals surface area contributed by atoms with Crippen molar-refractivity contribution in [1.82, 2.24) is 0 Å². The van der Waals surface area contributed by atoms with Gasteiger partial charge in [0, 0.05) is 6.26 Å². The first-order chi connectivity index (χ1) is 8.42. The van der Waals surface area contributed by atoms with Crippen LogP contribution in [0.4, 0.5) is 13.2 Å². The number of carboxylic acids is 1. The molecule has 0 aliphatic rings. The van der Waals surface area contributed by atoms with Crippen molar-refractivity contribution in [3.8, 4) is 5.75 Å². The van der Waals surface area contributed by atoms with Gasteiger partial charge in [0.25, 0.3) is 0 Å². The summed E-state index contributed by atoms with van der Waals surface area (Å²) in [5.41, 5.74) is -0.450. The third kappa shape index (κ3) is 3.85. The fourth-order valence-corrected chi connectivity index (χ4v) is 2.18. The Kier molecular flexibility index (Phi) is 3.80. The van der Waals surface area contributed by atoms with E-state index in [1.165, 1.54) is 6.92 Å². The summed E-state index contributed by atoms with van der Waals surface area (Å²) in [4.78, 5) is 10.0. The summed E-state index contributed by atoms with van der Waals surface area (Å²) in [6.07, 6.45) is -4.41. The van der Waals surface area contributed by atoms with Crippen LogP contribution in [0.25, 0.3) is 0 Å². The zero-order valence-electron chi connectivity index (χ0n) is 9.78. The number of halogens is 3. The number of aromatic carboxylic acids is 1. The maximum absolute atomic E-state index is 12.2. The largest absolute Gasteiger partial charge is 0.573 e. The van der Waals surface area contributed by atoms with Crippen molar-refractivity contribution in [2.75, 3.05) is 6.26 Å². The van der Waals surface area contributed by atoms with E-state index in [-0.39, 0.29) is 5.56 Å². The van der Waals surface area contributed by atoms with E-state index in [1.54, 1.807) is 0 Å². The summed E-state index contributed by atoms with van der Waals surface area (Å²) in [6.45, 7) is 1.23. The standard InChI is InChI=1S/C10H9F3O5S/c1-5-3-7(18-10(11,12)13)8(19(2,16)17)4-6(5)9(14)15/h3-4H,1-2H3,(H,14,15). The number of benzene rings is 1. The lowest BCUT2D eigenvalue weighted by Crippen LogP contribution is -2.19. The highest BCUT2D eigenvalue weighted by Gasteiger charge is 2.34. The summed E-state index contributed by atoms with van der Waals surface area (Å²) in [6, 6.07) is 1.38. The predicted octanol–water partition coefficient (Wildman–Crippen LogP) is 2.00. The van der Waals surface area contributed by atoms with Crippen LogP contribution in [0.3, 0.4) is 0 Å². The van der Waals surface area contributed by atoms with Crippen LogP contribution >= 0.6 is 0 Å². The lowest BCUT2D eigenvalue weighted by atomic mass is 10.1. The zero-order valence-corrected chi connectivity index (χ0v) is 10.6. The van der Waals surface area contributed by atoms with Crippen LogP contribution in [0.2, 0.25) is 0 Å². The summed E-state index contributed by atoms with van der Waals surface area (Å²) in [5, 5.41) is 8.82. The second kappa shape index (κ2) is 4.72. The zero-order chi connectivity index (χ0) is 15.0. The van der Waals surface area contributed by atoms with Crippen molar-refractivity contribution in [2.24, 2.45) is 0 Å². The molecule has 0 spiro atoms. The third-order valence-electron chi connectivity index (χ3n) is 2.15. The van der Waals surface area contributed by atoms with Gasteiger partial charge in [0.15, 0.2) is 9.84 Å². The molecule has 19 heavy (non-hydrogen) atoms. The molecule has 9 heteroatoms. The predicted molar refractivity (Wildman–Crippen MR) is 57.9 cm³/mol. The molecule has 5 nitrogen and oxygen atoms in total. The van der Waals surface area contributed by atoms with Crippen LogP contribution in [0.5, 0.6) is 5.75 Å². The molecule has 0 saturated carbocycles. The molecule has 0 bridgehead atoms. The number of sulfone groups is 1. The normalized spacial score (nSPS) is 12.3. The van der Waals surface area contributed by atoms with Crippen molar-refractivity contribution in [3.63, 3.8) is 0 Å². The SMILES string of the molecule is Cc1cc(OC(F)(F)F)c(S(C)(=O)=O)cc1C(=O)O. The Hall–Kier alpha value is -1.77. The first-order valence-corrected chi connectivity index (χ1v) is 6.64. The van der Waals surface area contributed by atoms with Gasteiger partial charge in [-0.3, -0.25) is 0 Å². The molecule has 106 valence electrons. The van der Waals surface area contributed by atoms with Crippen LogP contribution < -0.4 is 4.74 Å². The van der Waals surface area contributed by atoms with E-state index in [1.807, 2.05) is 0 Å². The molecule has 0 aromatic heterocycles. The molecule has 0 radical (unpaired) electrons. The monoisotopic (exact) mass is 298 g/mol. The Balaban J connectivity index is 3.55. The molecule has 0 fully saturated rings. The molecule has 1 aromatic carbocycles. The van der Waals surface area contributed by atoms with Crippen molar-refractivity contribution in [2.45, 2.75) is 18.2 Å². The lowest BCUT2D eigenvalue weighted by molar-refractivity contribution is -0.275. The van der Waals surface area contributed by atoms with Crippen molar-refractivity contribution in [1.29, 1.82) is 0 Å². The van der Waals surface area contributed by atoms with Crippen molar-refractivity contribution in [3.05, 3.63) is 23.3 Å². The molecule has 0 unspecified atom stereocenters. The van der Waals surface area contributed by atoms with Gasteiger partial charge in [-0.15, -0.1) is 13.2 Å². The number of ether oxygens (including phenoxy) is 1. The van der Waals surface area contributed by atoms with Gasteiger partial charge in [0.1, 0.15) is 10.6 Å². The van der Waals surface area contributed by atoms with Gasteiger partial charge in [0.2, 0.25) is 0 Å². The van der Waals surface area contributed by atoms with Crippen LogP contribution in [0.15, 0.2) is 17.0 Å². The molecule has 1 aromatic rings. The maximum atomic E-state index is 12.2. The van der Waals surface area contributed by atoms with E-state index in [2.05, 4.69) is 4.74 Å². The Morgan fingerprint density at radius 2 is 1.84 bits per heavy atom. The minimum atomic E-state index is -5.07.